The van der Waals surface area contributed by atoms with Crippen LogP contribution in [0.4, 0.5) is 17.3 Å². The minimum Gasteiger partial charge on any atom is -0.393 e. The zero-order valence-electron chi connectivity index (χ0n) is 11.1. The van der Waals surface area contributed by atoms with Gasteiger partial charge in [-0.2, -0.15) is 0 Å². The molecule has 1 aliphatic rings. The molecule has 0 atom stereocenters. The molecule has 2 rings (SSSR count). The first kappa shape index (κ1) is 12.9. The molecule has 18 heavy (non-hydrogen) atoms. The van der Waals surface area contributed by atoms with Gasteiger partial charge in [-0.3, -0.25) is 0 Å². The van der Waals surface area contributed by atoms with Crippen LogP contribution < -0.4 is 15.5 Å². The average molecular weight is 251 g/mol. The molecule has 0 unspecified atom stereocenters. The third kappa shape index (κ3) is 2.48. The molecule has 0 aromatic carbocycles. The number of nitrogens with two attached hydrogens (primary N) is 1. The lowest BCUT2D eigenvalue weighted by molar-refractivity contribution is 0.122. The maximum Gasteiger partial charge on any atom is 0.157 e. The first-order valence-corrected chi connectivity index (χ1v) is 6.46. The zero-order valence-corrected chi connectivity index (χ0v) is 11.1. The highest BCUT2D eigenvalue weighted by molar-refractivity contribution is 5.75. The van der Waals surface area contributed by atoms with Gasteiger partial charge in [0, 0.05) is 26.2 Å². The molecule has 1 saturated heterocycles. The largest absolute Gasteiger partial charge is 0.393 e. The van der Waals surface area contributed by atoms with E-state index in [2.05, 4.69) is 33.6 Å². The second-order valence-corrected chi connectivity index (χ2v) is 4.21. The van der Waals surface area contributed by atoms with E-state index in [1.165, 1.54) is 0 Å². The number of anilines is 3. The van der Waals surface area contributed by atoms with Crippen LogP contribution in [0, 0.1) is 0 Å². The molecule has 0 amide bonds. The first-order valence-electron chi connectivity index (χ1n) is 6.46. The van der Waals surface area contributed by atoms with Crippen molar-refractivity contribution in [2.24, 2.45) is 0 Å². The van der Waals surface area contributed by atoms with E-state index in [4.69, 9.17) is 10.5 Å². The van der Waals surface area contributed by atoms with E-state index in [1.807, 2.05) is 0 Å². The summed E-state index contributed by atoms with van der Waals surface area (Å²) in [6.07, 6.45) is 1.59. The molecular weight excluding hydrogens is 230 g/mol. The predicted octanol–water partition coefficient (Wildman–Crippen LogP) is 0.742. The Morgan fingerprint density at radius 2 is 1.94 bits per heavy atom. The molecule has 6 nitrogen and oxygen atoms in total. The lowest BCUT2D eigenvalue weighted by atomic mass is 10.3. The van der Waals surface area contributed by atoms with Crippen LogP contribution >= 0.6 is 0 Å². The maximum absolute atomic E-state index is 6.22. The van der Waals surface area contributed by atoms with Gasteiger partial charge >= 0.3 is 0 Å². The Labute approximate surface area is 108 Å². The summed E-state index contributed by atoms with van der Waals surface area (Å²) in [5.74, 6) is 1.66. The fraction of sp³-hybridized carbons (Fsp3) is 0.667. The molecule has 0 radical (unpaired) electrons. The van der Waals surface area contributed by atoms with E-state index in [0.29, 0.717) is 5.69 Å². The van der Waals surface area contributed by atoms with Gasteiger partial charge in [-0.25, -0.2) is 9.97 Å². The monoisotopic (exact) mass is 251 g/mol. The Kier molecular flexibility index (Phi) is 4.19. The second kappa shape index (κ2) is 5.86. The third-order valence-corrected chi connectivity index (χ3v) is 3.22. The molecule has 2 heterocycles. The van der Waals surface area contributed by atoms with E-state index >= 15 is 0 Å². The van der Waals surface area contributed by atoms with Gasteiger partial charge in [0.1, 0.15) is 12.0 Å². The number of nitrogen functional groups attached to an aromatic ring is 1. The van der Waals surface area contributed by atoms with Gasteiger partial charge in [-0.1, -0.05) is 0 Å². The predicted molar refractivity (Wildman–Crippen MR) is 73.0 cm³/mol. The summed E-state index contributed by atoms with van der Waals surface area (Å²) in [5.41, 5.74) is 6.89. The maximum atomic E-state index is 6.22. The van der Waals surface area contributed by atoms with Gasteiger partial charge in [0.25, 0.3) is 0 Å². The summed E-state index contributed by atoms with van der Waals surface area (Å²) in [7, 11) is 0. The van der Waals surface area contributed by atoms with Crippen LogP contribution in [0.1, 0.15) is 13.8 Å². The van der Waals surface area contributed by atoms with Crippen molar-refractivity contribution >= 4 is 17.3 Å². The highest BCUT2D eigenvalue weighted by Crippen LogP contribution is 2.28. The third-order valence-electron chi connectivity index (χ3n) is 3.22. The van der Waals surface area contributed by atoms with E-state index in [0.717, 1.165) is 51.0 Å². The summed E-state index contributed by atoms with van der Waals surface area (Å²) in [4.78, 5) is 12.9. The van der Waals surface area contributed by atoms with Crippen LogP contribution in [-0.2, 0) is 4.74 Å². The number of hydrogen-bond donors (Lipinski definition) is 1. The fourth-order valence-electron chi connectivity index (χ4n) is 2.18. The number of aromatic nitrogens is 2. The number of hydrogen-bond acceptors (Lipinski definition) is 6. The van der Waals surface area contributed by atoms with Gasteiger partial charge < -0.3 is 20.3 Å². The average Bonchev–Trinajstić information content (AvgIpc) is 2.43. The standard InChI is InChI=1S/C12H21N5O/c1-3-16(4-2)11-10(13)12(15-9-14-11)17-5-7-18-8-6-17/h9H,3-8,13H2,1-2H3. The molecule has 0 saturated carbocycles. The van der Waals surface area contributed by atoms with Gasteiger partial charge in [-0.15, -0.1) is 0 Å². The Morgan fingerprint density at radius 3 is 2.56 bits per heavy atom. The highest BCUT2D eigenvalue weighted by atomic mass is 16.5. The fourth-order valence-corrected chi connectivity index (χ4v) is 2.18. The molecule has 0 aliphatic carbocycles. The molecule has 0 bridgehead atoms. The molecule has 0 spiro atoms. The molecule has 2 N–H and O–H groups in total. The lowest BCUT2D eigenvalue weighted by Crippen LogP contribution is -2.37. The van der Waals surface area contributed by atoms with Crippen molar-refractivity contribution in [1.82, 2.24) is 9.97 Å². The quantitative estimate of drug-likeness (QED) is 0.851. The number of morpholine rings is 1. The molecule has 1 aliphatic heterocycles. The van der Waals surface area contributed by atoms with E-state index in [9.17, 15) is 0 Å². The van der Waals surface area contributed by atoms with Crippen LogP contribution in [0.2, 0.25) is 0 Å². The van der Waals surface area contributed by atoms with Crippen molar-refractivity contribution in [3.05, 3.63) is 6.33 Å². The summed E-state index contributed by atoms with van der Waals surface area (Å²) >= 11 is 0. The zero-order chi connectivity index (χ0) is 13.0. The Bertz CT molecular complexity index is 388. The SMILES string of the molecule is CCN(CC)c1ncnc(N2CCOCC2)c1N. The van der Waals surface area contributed by atoms with Crippen molar-refractivity contribution in [2.45, 2.75) is 13.8 Å². The molecule has 6 heteroatoms. The summed E-state index contributed by atoms with van der Waals surface area (Å²) in [5, 5.41) is 0. The Morgan fingerprint density at radius 1 is 1.28 bits per heavy atom. The molecule has 100 valence electrons. The van der Waals surface area contributed by atoms with Crippen LogP contribution in [0.25, 0.3) is 0 Å². The topological polar surface area (TPSA) is 67.5 Å². The molecule has 1 aromatic heterocycles. The van der Waals surface area contributed by atoms with E-state index in [-0.39, 0.29) is 0 Å². The lowest BCUT2D eigenvalue weighted by Gasteiger charge is -2.30. The Hall–Kier alpha value is -1.56. The molecule has 1 aromatic rings. The minimum absolute atomic E-state index is 0.670. The first-order chi connectivity index (χ1) is 8.77. The van der Waals surface area contributed by atoms with E-state index < -0.39 is 0 Å². The Balaban J connectivity index is 2.28. The van der Waals surface area contributed by atoms with E-state index in [1.54, 1.807) is 6.33 Å². The summed E-state index contributed by atoms with van der Waals surface area (Å²) in [6.45, 7) is 9.09. The van der Waals surface area contributed by atoms with Crippen molar-refractivity contribution in [3.8, 4) is 0 Å². The normalized spacial score (nSPS) is 15.8. The van der Waals surface area contributed by atoms with Crippen molar-refractivity contribution in [3.63, 3.8) is 0 Å². The molecular formula is C12H21N5O. The minimum atomic E-state index is 0.670. The second-order valence-electron chi connectivity index (χ2n) is 4.21. The summed E-state index contributed by atoms with van der Waals surface area (Å²) in [6, 6.07) is 0. The van der Waals surface area contributed by atoms with Crippen molar-refractivity contribution < 1.29 is 4.74 Å². The van der Waals surface area contributed by atoms with Crippen LogP contribution in [0.3, 0.4) is 0 Å². The van der Waals surface area contributed by atoms with Gasteiger partial charge in [-0.05, 0) is 13.8 Å². The molecule has 1 fully saturated rings. The number of nitrogens with zero attached hydrogens (tertiary/aromatic N) is 4. The van der Waals surface area contributed by atoms with Gasteiger partial charge in [0.05, 0.1) is 13.2 Å². The highest BCUT2D eigenvalue weighted by Gasteiger charge is 2.19. The summed E-state index contributed by atoms with van der Waals surface area (Å²) < 4.78 is 5.34. The number of rotatable bonds is 4. The van der Waals surface area contributed by atoms with Crippen molar-refractivity contribution in [2.75, 3.05) is 54.9 Å². The van der Waals surface area contributed by atoms with Crippen LogP contribution in [-0.4, -0.2) is 49.4 Å². The number of ether oxygens (including phenoxy) is 1. The van der Waals surface area contributed by atoms with Crippen LogP contribution in [0.15, 0.2) is 6.33 Å². The van der Waals surface area contributed by atoms with Gasteiger partial charge in [0.2, 0.25) is 0 Å². The van der Waals surface area contributed by atoms with Gasteiger partial charge in [0.15, 0.2) is 11.6 Å². The smallest absolute Gasteiger partial charge is 0.157 e. The van der Waals surface area contributed by atoms with Crippen LogP contribution in [0.5, 0.6) is 0 Å². The van der Waals surface area contributed by atoms with Crippen molar-refractivity contribution in [1.29, 1.82) is 0 Å².